The van der Waals surface area contributed by atoms with Crippen LogP contribution in [-0.4, -0.2) is 19.0 Å². The molecule has 0 N–H and O–H groups in total. The van der Waals surface area contributed by atoms with Crippen molar-refractivity contribution in [1.29, 1.82) is 0 Å². The summed E-state index contributed by atoms with van der Waals surface area (Å²) < 4.78 is 18.4. The van der Waals surface area contributed by atoms with Gasteiger partial charge in [0.05, 0.1) is 7.11 Å². The zero-order valence-electron chi connectivity index (χ0n) is 16.0. The van der Waals surface area contributed by atoms with E-state index in [-0.39, 0.29) is 18.1 Å². The van der Waals surface area contributed by atoms with Crippen molar-refractivity contribution in [2.75, 3.05) is 7.11 Å². The number of allylic oxidation sites excluding steroid dienone is 7. The smallest absolute Gasteiger partial charge is 0.164 e. The number of methoxy groups -OCH3 is 1. The summed E-state index contributed by atoms with van der Waals surface area (Å²) in [7, 11) is 1.73. The van der Waals surface area contributed by atoms with Crippen LogP contribution in [0.25, 0.3) is 0 Å². The van der Waals surface area contributed by atoms with Gasteiger partial charge in [-0.3, -0.25) is 0 Å². The van der Waals surface area contributed by atoms with Crippen molar-refractivity contribution >= 4 is 0 Å². The Labute approximate surface area is 160 Å². The summed E-state index contributed by atoms with van der Waals surface area (Å²) in [6.45, 7) is 4.05. The van der Waals surface area contributed by atoms with Crippen molar-refractivity contribution in [3.8, 4) is 5.75 Å². The molecule has 0 saturated carbocycles. The van der Waals surface area contributed by atoms with Crippen molar-refractivity contribution in [3.05, 3.63) is 75.9 Å². The van der Waals surface area contributed by atoms with Gasteiger partial charge in [0.1, 0.15) is 18.0 Å². The zero-order valence-corrected chi connectivity index (χ0v) is 16.0. The molecule has 0 amide bonds. The van der Waals surface area contributed by atoms with Gasteiger partial charge in [0, 0.05) is 11.8 Å². The summed E-state index contributed by atoms with van der Waals surface area (Å²) in [5.41, 5.74) is 8.37. The van der Waals surface area contributed by atoms with E-state index in [0.29, 0.717) is 5.92 Å². The van der Waals surface area contributed by atoms with E-state index >= 15 is 0 Å². The molecule has 5 aliphatic rings. The second-order valence-electron chi connectivity index (χ2n) is 8.59. The van der Waals surface area contributed by atoms with E-state index in [4.69, 9.17) is 14.2 Å². The molecule has 1 aliphatic heterocycles. The summed E-state index contributed by atoms with van der Waals surface area (Å²) in [5, 5.41) is 0. The molecule has 1 aromatic carbocycles. The van der Waals surface area contributed by atoms with Crippen LogP contribution in [0, 0.1) is 5.92 Å². The van der Waals surface area contributed by atoms with Crippen LogP contribution >= 0.6 is 0 Å². The monoisotopic (exact) mass is 360 g/mol. The number of rotatable bonds is 1. The first-order valence-electron chi connectivity index (χ1n) is 9.92. The molecule has 0 aromatic heterocycles. The molecule has 3 nitrogen and oxygen atoms in total. The van der Waals surface area contributed by atoms with Crippen LogP contribution in [0.2, 0.25) is 0 Å². The average molecular weight is 360 g/mol. The highest BCUT2D eigenvalue weighted by molar-refractivity contribution is 5.64. The van der Waals surface area contributed by atoms with Crippen LogP contribution in [-0.2, 0) is 9.47 Å². The van der Waals surface area contributed by atoms with Gasteiger partial charge in [-0.2, -0.15) is 0 Å². The molecule has 1 heterocycles. The molecule has 27 heavy (non-hydrogen) atoms. The van der Waals surface area contributed by atoms with Gasteiger partial charge in [0.15, 0.2) is 5.79 Å². The summed E-state index contributed by atoms with van der Waals surface area (Å²) in [5.74, 6) is 0.951. The van der Waals surface area contributed by atoms with Crippen molar-refractivity contribution in [1.82, 2.24) is 0 Å². The number of hydrogen-bond acceptors (Lipinski definition) is 3. The Balaban J connectivity index is 1.59. The average Bonchev–Trinajstić information content (AvgIpc) is 3.32. The summed E-state index contributed by atoms with van der Waals surface area (Å²) in [6, 6.07) is 6.37. The number of ether oxygens (including phenoxy) is 3. The Bertz CT molecular complexity index is 975. The molecule has 0 bridgehead atoms. The third-order valence-corrected chi connectivity index (χ3v) is 6.65. The van der Waals surface area contributed by atoms with E-state index in [1.54, 1.807) is 7.11 Å². The molecular formula is C24H24O3. The maximum atomic E-state index is 6.47. The Hall–Kier alpha value is -2.10. The quantitative estimate of drug-likeness (QED) is 0.650. The minimum Gasteiger partial charge on any atom is -0.497 e. The van der Waals surface area contributed by atoms with Crippen LogP contribution in [0.15, 0.2) is 64.8 Å². The van der Waals surface area contributed by atoms with E-state index in [2.05, 4.69) is 36.4 Å². The Morgan fingerprint density at radius 1 is 1.04 bits per heavy atom. The van der Waals surface area contributed by atoms with Crippen molar-refractivity contribution in [2.24, 2.45) is 5.92 Å². The summed E-state index contributed by atoms with van der Waals surface area (Å²) >= 11 is 0. The number of fused-ring (bicyclic) bond motifs is 9. The van der Waals surface area contributed by atoms with Gasteiger partial charge in [0.25, 0.3) is 0 Å². The lowest BCUT2D eigenvalue weighted by Crippen LogP contribution is -2.32. The lowest BCUT2D eigenvalue weighted by atomic mass is 9.69. The molecule has 3 heteroatoms. The topological polar surface area (TPSA) is 27.7 Å². The molecule has 0 radical (unpaired) electrons. The highest BCUT2D eigenvalue weighted by atomic mass is 16.8. The van der Waals surface area contributed by atoms with Crippen LogP contribution in [0.3, 0.4) is 0 Å². The Morgan fingerprint density at radius 2 is 1.85 bits per heavy atom. The van der Waals surface area contributed by atoms with Crippen LogP contribution in [0.4, 0.5) is 0 Å². The molecule has 4 atom stereocenters. The summed E-state index contributed by atoms with van der Waals surface area (Å²) in [4.78, 5) is 0. The van der Waals surface area contributed by atoms with Crippen LogP contribution in [0.1, 0.15) is 49.8 Å². The maximum Gasteiger partial charge on any atom is 0.164 e. The Morgan fingerprint density at radius 3 is 2.70 bits per heavy atom. The number of benzene rings is 1. The predicted molar refractivity (Wildman–Crippen MR) is 104 cm³/mol. The summed E-state index contributed by atoms with van der Waals surface area (Å²) in [6.07, 6.45) is 11.9. The zero-order chi connectivity index (χ0) is 18.3. The van der Waals surface area contributed by atoms with Gasteiger partial charge in [-0.25, -0.2) is 0 Å². The van der Waals surface area contributed by atoms with Crippen molar-refractivity contribution in [3.63, 3.8) is 0 Å². The molecule has 138 valence electrons. The largest absolute Gasteiger partial charge is 0.497 e. The second kappa shape index (κ2) is 5.24. The van der Waals surface area contributed by atoms with Crippen molar-refractivity contribution in [2.45, 2.75) is 50.6 Å². The second-order valence-corrected chi connectivity index (χ2v) is 8.59. The molecule has 4 aliphatic carbocycles. The highest BCUT2D eigenvalue weighted by Crippen LogP contribution is 2.57. The lowest BCUT2D eigenvalue weighted by molar-refractivity contribution is -0.144. The fourth-order valence-electron chi connectivity index (χ4n) is 5.60. The van der Waals surface area contributed by atoms with Gasteiger partial charge in [-0.15, -0.1) is 0 Å². The number of hydrogen-bond donors (Lipinski definition) is 0. The fraction of sp³-hybridized carbons (Fsp3) is 0.417. The Kier molecular flexibility index (Phi) is 3.09. The minimum atomic E-state index is -0.577. The van der Waals surface area contributed by atoms with Gasteiger partial charge in [-0.05, 0) is 72.2 Å². The molecule has 0 unspecified atom stereocenters. The highest BCUT2D eigenvalue weighted by Gasteiger charge is 2.52. The van der Waals surface area contributed by atoms with E-state index < -0.39 is 5.79 Å². The SMILES string of the molecule is COc1ccc2c(c1)[C@H]1C=C[C@@H]3C4=CCCC4=CC3=C1[C@H]1OC(C)(C)O[C@H]21. The molecule has 0 spiro atoms. The molecule has 1 aromatic rings. The van der Waals surface area contributed by atoms with Gasteiger partial charge >= 0.3 is 0 Å². The minimum absolute atomic E-state index is 0.0235. The van der Waals surface area contributed by atoms with Crippen molar-refractivity contribution < 1.29 is 14.2 Å². The third-order valence-electron chi connectivity index (χ3n) is 6.65. The molecule has 6 rings (SSSR count). The van der Waals surface area contributed by atoms with Crippen LogP contribution in [0.5, 0.6) is 5.75 Å². The van der Waals surface area contributed by atoms with Gasteiger partial charge < -0.3 is 14.2 Å². The van der Waals surface area contributed by atoms with E-state index in [1.807, 2.05) is 19.9 Å². The first-order valence-corrected chi connectivity index (χ1v) is 9.92. The van der Waals surface area contributed by atoms with Gasteiger partial charge in [-0.1, -0.05) is 30.4 Å². The molecule has 1 saturated heterocycles. The molecular weight excluding hydrogens is 336 g/mol. The normalized spacial score (nSPS) is 34.3. The van der Waals surface area contributed by atoms with Gasteiger partial charge in [0.2, 0.25) is 0 Å². The first kappa shape index (κ1) is 15.9. The first-order chi connectivity index (χ1) is 13.1. The lowest BCUT2D eigenvalue weighted by Gasteiger charge is -2.38. The third kappa shape index (κ3) is 2.10. The predicted octanol–water partition coefficient (Wildman–Crippen LogP) is 5.13. The molecule has 1 fully saturated rings. The van der Waals surface area contributed by atoms with Crippen LogP contribution < -0.4 is 4.74 Å². The van der Waals surface area contributed by atoms with E-state index in [1.165, 1.54) is 46.3 Å². The fourth-order valence-corrected chi connectivity index (χ4v) is 5.60. The maximum absolute atomic E-state index is 6.47. The van der Waals surface area contributed by atoms with E-state index in [0.717, 1.165) is 5.75 Å². The van der Waals surface area contributed by atoms with E-state index in [9.17, 15) is 0 Å². The standard InChI is InChI=1S/C24H24O3/c1-24(2)26-22-18-8-7-14(25-3)12-19(18)17-10-9-16-15-6-4-5-13(15)11-20(16)21(17)23(22)27-24/h6-12,16-17,22-23H,4-5H2,1-3H3/t16-,17-,22-,23-/m1/s1.